The van der Waals surface area contributed by atoms with Gasteiger partial charge in [0.1, 0.15) is 0 Å². The summed E-state index contributed by atoms with van der Waals surface area (Å²) in [4.78, 5) is 48.6. The van der Waals surface area contributed by atoms with Crippen LogP contribution in [0.1, 0.15) is 72.6 Å². The molecule has 0 saturated heterocycles. The van der Waals surface area contributed by atoms with Gasteiger partial charge in [0.05, 0.1) is 0 Å². The molecule has 0 radical (unpaired) electrons. The molecule has 6 heteroatoms. The van der Waals surface area contributed by atoms with Gasteiger partial charge < -0.3 is 0 Å². The molecule has 0 atom stereocenters. The van der Waals surface area contributed by atoms with Crippen molar-refractivity contribution in [3.63, 3.8) is 0 Å². The highest BCUT2D eigenvalue weighted by Gasteiger charge is 2.21. The van der Waals surface area contributed by atoms with E-state index in [9.17, 15) is 19.2 Å². The average molecular weight is 326 g/mol. The lowest BCUT2D eigenvalue weighted by Gasteiger charge is -2.23. The SMILES string of the molecule is CCCCCCCCC(=O)N(CCN(C(C)=O)C(C)=O)C(C)=O. The van der Waals surface area contributed by atoms with Crippen LogP contribution in [-0.4, -0.2) is 46.5 Å². The van der Waals surface area contributed by atoms with Gasteiger partial charge in [0, 0.05) is 40.3 Å². The normalized spacial score (nSPS) is 10.3. The quantitative estimate of drug-likeness (QED) is 0.578. The summed E-state index contributed by atoms with van der Waals surface area (Å²) in [5, 5.41) is 0. The molecule has 0 aromatic carbocycles. The molecule has 0 saturated carbocycles. The van der Waals surface area contributed by atoms with Gasteiger partial charge in [0.15, 0.2) is 0 Å². The Hall–Kier alpha value is -1.72. The van der Waals surface area contributed by atoms with E-state index in [-0.39, 0.29) is 36.7 Å². The second kappa shape index (κ2) is 11.8. The van der Waals surface area contributed by atoms with E-state index in [4.69, 9.17) is 0 Å². The van der Waals surface area contributed by atoms with Crippen molar-refractivity contribution in [2.75, 3.05) is 13.1 Å². The molecule has 0 aliphatic rings. The fourth-order valence-electron chi connectivity index (χ4n) is 2.39. The summed E-state index contributed by atoms with van der Waals surface area (Å²) in [6, 6.07) is 0. The Labute approximate surface area is 139 Å². The highest BCUT2D eigenvalue weighted by Crippen LogP contribution is 2.09. The summed E-state index contributed by atoms with van der Waals surface area (Å²) in [6.45, 7) is 6.16. The Morgan fingerprint density at radius 2 is 1.09 bits per heavy atom. The maximum absolute atomic E-state index is 12.1. The van der Waals surface area contributed by atoms with Crippen molar-refractivity contribution in [3.05, 3.63) is 0 Å². The molecule has 0 aromatic heterocycles. The van der Waals surface area contributed by atoms with E-state index in [0.29, 0.717) is 6.42 Å². The Morgan fingerprint density at radius 3 is 1.57 bits per heavy atom. The number of amides is 4. The van der Waals surface area contributed by atoms with E-state index in [2.05, 4.69) is 6.92 Å². The largest absolute Gasteiger partial charge is 0.281 e. The topological polar surface area (TPSA) is 74.8 Å². The molecular weight excluding hydrogens is 296 g/mol. The Balaban J connectivity index is 4.33. The zero-order chi connectivity index (χ0) is 17.8. The van der Waals surface area contributed by atoms with Gasteiger partial charge in [-0.25, -0.2) is 0 Å². The number of unbranched alkanes of at least 4 members (excludes halogenated alkanes) is 5. The summed E-state index contributed by atoms with van der Waals surface area (Å²) < 4.78 is 0. The number of imide groups is 2. The minimum absolute atomic E-state index is 0.0481. The van der Waals surface area contributed by atoms with Gasteiger partial charge in [-0.1, -0.05) is 39.0 Å². The van der Waals surface area contributed by atoms with E-state index < -0.39 is 0 Å². The molecule has 0 rings (SSSR count). The van der Waals surface area contributed by atoms with Gasteiger partial charge in [-0.15, -0.1) is 0 Å². The van der Waals surface area contributed by atoms with Crippen LogP contribution in [0.4, 0.5) is 0 Å². The van der Waals surface area contributed by atoms with Crippen LogP contribution in [0.2, 0.25) is 0 Å². The predicted octanol–water partition coefficient (Wildman–Crippen LogP) is 2.51. The fraction of sp³-hybridized carbons (Fsp3) is 0.765. The molecule has 23 heavy (non-hydrogen) atoms. The molecule has 4 amide bonds. The highest BCUT2D eigenvalue weighted by atomic mass is 16.2. The maximum Gasteiger partial charge on any atom is 0.229 e. The van der Waals surface area contributed by atoms with Crippen molar-refractivity contribution in [3.8, 4) is 0 Å². The molecule has 0 fully saturated rings. The van der Waals surface area contributed by atoms with Crippen LogP contribution in [0, 0.1) is 0 Å². The first-order valence-electron chi connectivity index (χ1n) is 8.40. The summed E-state index contributed by atoms with van der Waals surface area (Å²) in [7, 11) is 0. The van der Waals surface area contributed by atoms with Crippen LogP contribution in [0.5, 0.6) is 0 Å². The van der Waals surface area contributed by atoms with Crippen molar-refractivity contribution in [2.24, 2.45) is 0 Å². The van der Waals surface area contributed by atoms with E-state index in [1.54, 1.807) is 0 Å². The first kappa shape index (κ1) is 21.3. The molecule has 132 valence electrons. The van der Waals surface area contributed by atoms with Gasteiger partial charge in [0.2, 0.25) is 23.6 Å². The number of rotatable bonds is 10. The van der Waals surface area contributed by atoms with Gasteiger partial charge in [0.25, 0.3) is 0 Å². The Morgan fingerprint density at radius 1 is 0.652 bits per heavy atom. The molecule has 0 bridgehead atoms. The smallest absolute Gasteiger partial charge is 0.229 e. The lowest BCUT2D eigenvalue weighted by atomic mass is 10.1. The summed E-state index contributed by atoms with van der Waals surface area (Å²) in [6.07, 6.45) is 6.72. The molecule has 0 aliphatic heterocycles. The van der Waals surface area contributed by atoms with Crippen molar-refractivity contribution >= 4 is 23.6 Å². The third-order valence-corrected chi connectivity index (χ3v) is 3.73. The van der Waals surface area contributed by atoms with Gasteiger partial charge in [-0.3, -0.25) is 29.0 Å². The third-order valence-electron chi connectivity index (χ3n) is 3.73. The summed E-state index contributed by atoms with van der Waals surface area (Å²) in [5.41, 5.74) is 0. The van der Waals surface area contributed by atoms with Crippen LogP contribution in [0.15, 0.2) is 0 Å². The zero-order valence-electron chi connectivity index (χ0n) is 14.9. The van der Waals surface area contributed by atoms with Gasteiger partial charge >= 0.3 is 0 Å². The van der Waals surface area contributed by atoms with Crippen molar-refractivity contribution < 1.29 is 19.2 Å². The predicted molar refractivity (Wildman–Crippen MR) is 88.5 cm³/mol. The van der Waals surface area contributed by atoms with Crippen LogP contribution < -0.4 is 0 Å². The second-order valence-corrected chi connectivity index (χ2v) is 5.77. The molecule has 0 N–H and O–H groups in total. The van der Waals surface area contributed by atoms with Crippen LogP contribution in [-0.2, 0) is 19.2 Å². The molecule has 0 heterocycles. The van der Waals surface area contributed by atoms with E-state index in [0.717, 1.165) is 29.1 Å². The molecule has 6 nitrogen and oxygen atoms in total. The number of nitrogens with zero attached hydrogens (tertiary/aromatic N) is 2. The zero-order valence-corrected chi connectivity index (χ0v) is 14.9. The van der Waals surface area contributed by atoms with Crippen LogP contribution in [0.3, 0.4) is 0 Å². The molecule has 0 aliphatic carbocycles. The fourth-order valence-corrected chi connectivity index (χ4v) is 2.39. The minimum Gasteiger partial charge on any atom is -0.281 e. The van der Waals surface area contributed by atoms with Gasteiger partial charge in [-0.05, 0) is 6.42 Å². The average Bonchev–Trinajstić information content (AvgIpc) is 2.45. The summed E-state index contributed by atoms with van der Waals surface area (Å²) in [5.74, 6) is -1.36. The van der Waals surface area contributed by atoms with Gasteiger partial charge in [-0.2, -0.15) is 0 Å². The second-order valence-electron chi connectivity index (χ2n) is 5.77. The molecule has 0 unspecified atom stereocenters. The Bertz CT molecular complexity index is 407. The molecule has 0 aromatic rings. The highest BCUT2D eigenvalue weighted by molar-refractivity contribution is 5.95. The first-order chi connectivity index (χ1) is 10.8. The number of carbonyl (C=O) groups is 4. The summed E-state index contributed by atoms with van der Waals surface area (Å²) >= 11 is 0. The maximum atomic E-state index is 12.1. The van der Waals surface area contributed by atoms with Crippen LogP contribution >= 0.6 is 0 Å². The third kappa shape index (κ3) is 9.11. The molecule has 0 spiro atoms. The van der Waals surface area contributed by atoms with Crippen molar-refractivity contribution in [1.29, 1.82) is 0 Å². The first-order valence-corrected chi connectivity index (χ1v) is 8.40. The lowest BCUT2D eigenvalue weighted by Crippen LogP contribution is -2.44. The monoisotopic (exact) mass is 326 g/mol. The Kier molecular flexibility index (Phi) is 10.9. The molecular formula is C17H30N2O4. The van der Waals surface area contributed by atoms with Crippen LogP contribution in [0.25, 0.3) is 0 Å². The number of carbonyl (C=O) groups excluding carboxylic acids is 4. The van der Waals surface area contributed by atoms with Crippen molar-refractivity contribution in [1.82, 2.24) is 9.80 Å². The van der Waals surface area contributed by atoms with E-state index >= 15 is 0 Å². The van der Waals surface area contributed by atoms with E-state index in [1.807, 2.05) is 0 Å². The minimum atomic E-state index is -0.385. The van der Waals surface area contributed by atoms with E-state index in [1.165, 1.54) is 40.0 Å². The van der Waals surface area contributed by atoms with Crippen molar-refractivity contribution in [2.45, 2.75) is 72.6 Å². The number of hydrogen-bond donors (Lipinski definition) is 0. The standard InChI is InChI=1S/C17H30N2O4/c1-5-6-7-8-9-10-11-17(23)19(16(4)22)13-12-18(14(2)20)15(3)21/h5-13H2,1-4H3. The lowest BCUT2D eigenvalue weighted by molar-refractivity contribution is -0.148. The number of hydrogen-bond acceptors (Lipinski definition) is 4.